The highest BCUT2D eigenvalue weighted by atomic mass is 28.4. The summed E-state index contributed by atoms with van der Waals surface area (Å²) in [6, 6.07) is 8.25. The molecule has 4 aliphatic rings. The summed E-state index contributed by atoms with van der Waals surface area (Å²) < 4.78 is 18.9. The Balaban J connectivity index is 1.54. The molecule has 41 heavy (non-hydrogen) atoms. The van der Waals surface area contributed by atoms with E-state index in [0.717, 1.165) is 48.9 Å². The van der Waals surface area contributed by atoms with Gasteiger partial charge in [-0.05, 0) is 96.1 Å². The van der Waals surface area contributed by atoms with Crippen molar-refractivity contribution in [2.45, 2.75) is 96.2 Å². The van der Waals surface area contributed by atoms with Crippen LogP contribution in [0.25, 0.3) is 0 Å². The van der Waals surface area contributed by atoms with E-state index in [4.69, 9.17) is 13.9 Å². The molecule has 0 bridgehead atoms. The van der Waals surface area contributed by atoms with Crippen LogP contribution in [0.4, 0.5) is 5.69 Å². The number of allylic oxidation sites excluding steroid dienone is 2. The third-order valence-electron chi connectivity index (χ3n) is 10.9. The summed E-state index contributed by atoms with van der Waals surface area (Å²) in [5.41, 5.74) is 5.05. The Morgan fingerprint density at radius 2 is 1.73 bits per heavy atom. The molecule has 7 heteroatoms. The lowest BCUT2D eigenvalue weighted by atomic mass is 9.62. The summed E-state index contributed by atoms with van der Waals surface area (Å²) in [5, 5.41) is 12.2. The van der Waals surface area contributed by atoms with Crippen molar-refractivity contribution in [3.05, 3.63) is 52.6 Å². The fourth-order valence-corrected chi connectivity index (χ4v) is 8.32. The monoisotopic (exact) mass is 581 g/mol. The SMILES string of the molecule is CN(C)c1ccc(C(O)C2=C3CCC4(C=C3CCC2C2CCC(=O)C2(C)CO[Si](C)(C)C(C)(C)C)OCCO4)cc1. The third kappa shape index (κ3) is 5.65. The van der Waals surface area contributed by atoms with Gasteiger partial charge < -0.3 is 23.9 Å². The molecular weight excluding hydrogens is 530 g/mol. The second-order valence-corrected chi connectivity index (χ2v) is 19.5. The van der Waals surface area contributed by atoms with E-state index in [1.54, 1.807) is 0 Å². The van der Waals surface area contributed by atoms with Gasteiger partial charge in [-0.1, -0.05) is 39.8 Å². The Hall–Kier alpha value is -1.77. The van der Waals surface area contributed by atoms with Gasteiger partial charge in [0, 0.05) is 39.2 Å². The second kappa shape index (κ2) is 11.1. The molecule has 0 aromatic heterocycles. The molecule has 1 saturated carbocycles. The van der Waals surface area contributed by atoms with Crippen LogP contribution in [0.15, 0.2) is 47.1 Å². The summed E-state index contributed by atoms with van der Waals surface area (Å²) in [7, 11) is 2.02. The molecule has 1 heterocycles. The molecule has 1 aromatic carbocycles. The van der Waals surface area contributed by atoms with Gasteiger partial charge in [-0.3, -0.25) is 4.79 Å². The average Bonchev–Trinajstić information content (AvgIpc) is 3.49. The van der Waals surface area contributed by atoms with Crippen molar-refractivity contribution in [3.8, 4) is 0 Å². The van der Waals surface area contributed by atoms with Crippen molar-refractivity contribution >= 4 is 19.8 Å². The number of ether oxygens (including phenoxy) is 2. The lowest BCUT2D eigenvalue weighted by molar-refractivity contribution is -0.129. The van der Waals surface area contributed by atoms with Crippen LogP contribution in [0.5, 0.6) is 0 Å². The highest BCUT2D eigenvalue weighted by Gasteiger charge is 2.53. The number of nitrogens with zero attached hydrogens (tertiary/aromatic N) is 1. The molecule has 1 aliphatic heterocycles. The number of benzene rings is 1. The van der Waals surface area contributed by atoms with Crippen LogP contribution in [-0.4, -0.2) is 58.9 Å². The summed E-state index contributed by atoms with van der Waals surface area (Å²) in [5.74, 6) is -0.0599. The molecule has 1 saturated heterocycles. The number of carbonyl (C=O) groups excluding carboxylic acids is 1. The van der Waals surface area contributed by atoms with E-state index < -0.39 is 25.6 Å². The first-order chi connectivity index (χ1) is 19.2. The number of aliphatic hydroxyl groups excluding tert-OH is 1. The quantitative estimate of drug-likeness (QED) is 0.351. The summed E-state index contributed by atoms with van der Waals surface area (Å²) >= 11 is 0. The zero-order chi connectivity index (χ0) is 29.8. The summed E-state index contributed by atoms with van der Waals surface area (Å²) in [6.45, 7) is 15.1. The highest BCUT2D eigenvalue weighted by Crippen LogP contribution is 2.56. The Morgan fingerprint density at radius 1 is 1.07 bits per heavy atom. The number of rotatable bonds is 7. The van der Waals surface area contributed by atoms with Crippen LogP contribution in [0, 0.1) is 17.3 Å². The number of hydrogen-bond acceptors (Lipinski definition) is 6. The van der Waals surface area contributed by atoms with E-state index in [1.165, 1.54) is 11.1 Å². The zero-order valence-corrected chi connectivity index (χ0v) is 27.5. The van der Waals surface area contributed by atoms with Crippen molar-refractivity contribution < 1.29 is 23.8 Å². The minimum Gasteiger partial charge on any atom is -0.416 e. The van der Waals surface area contributed by atoms with Crippen LogP contribution in [-0.2, 0) is 18.7 Å². The Labute approximate surface area is 248 Å². The average molecular weight is 582 g/mol. The van der Waals surface area contributed by atoms with E-state index in [2.05, 4.69) is 76.0 Å². The number of hydrogen-bond donors (Lipinski definition) is 1. The maximum absolute atomic E-state index is 13.6. The zero-order valence-electron chi connectivity index (χ0n) is 26.5. The van der Waals surface area contributed by atoms with Gasteiger partial charge in [-0.2, -0.15) is 0 Å². The van der Waals surface area contributed by atoms with E-state index in [1.807, 2.05) is 14.1 Å². The molecule has 4 atom stereocenters. The number of ketones is 1. The van der Waals surface area contributed by atoms with Gasteiger partial charge in [-0.15, -0.1) is 0 Å². The second-order valence-electron chi connectivity index (χ2n) is 14.7. The topological polar surface area (TPSA) is 68.2 Å². The van der Waals surface area contributed by atoms with Gasteiger partial charge in [0.25, 0.3) is 0 Å². The highest BCUT2D eigenvalue weighted by molar-refractivity contribution is 6.74. The molecule has 6 nitrogen and oxygen atoms in total. The lowest BCUT2D eigenvalue weighted by Crippen LogP contribution is -2.47. The Bertz CT molecular complexity index is 1200. The molecule has 5 rings (SSSR count). The van der Waals surface area contributed by atoms with Crippen LogP contribution in [0.3, 0.4) is 0 Å². The molecule has 226 valence electrons. The number of Topliss-reactive ketones (excluding diaryl/α,β-unsaturated/α-hetero) is 1. The molecule has 1 spiro atoms. The fraction of sp³-hybridized carbons (Fsp3) is 0.676. The molecule has 2 fully saturated rings. The molecule has 1 aromatic rings. The first kappa shape index (κ1) is 30.7. The fourth-order valence-electron chi connectivity index (χ4n) is 7.22. The van der Waals surface area contributed by atoms with Crippen molar-refractivity contribution in [2.75, 3.05) is 38.8 Å². The molecule has 1 N–H and O–H groups in total. The van der Waals surface area contributed by atoms with Gasteiger partial charge in [0.05, 0.1) is 18.6 Å². The van der Waals surface area contributed by atoms with Crippen LogP contribution in [0.2, 0.25) is 18.1 Å². The van der Waals surface area contributed by atoms with E-state index in [9.17, 15) is 9.90 Å². The van der Waals surface area contributed by atoms with Crippen LogP contribution >= 0.6 is 0 Å². The predicted octanol–water partition coefficient (Wildman–Crippen LogP) is 6.96. The van der Waals surface area contributed by atoms with Crippen molar-refractivity contribution in [1.29, 1.82) is 0 Å². The molecule has 3 aliphatic carbocycles. The number of anilines is 1. The molecule has 4 unspecified atom stereocenters. The van der Waals surface area contributed by atoms with Crippen molar-refractivity contribution in [2.24, 2.45) is 17.3 Å². The van der Waals surface area contributed by atoms with Gasteiger partial charge in [0.1, 0.15) is 11.9 Å². The lowest BCUT2D eigenvalue weighted by Gasteiger charge is -2.45. The molecule has 0 amide bonds. The van der Waals surface area contributed by atoms with Crippen molar-refractivity contribution in [3.63, 3.8) is 0 Å². The first-order valence-electron chi connectivity index (χ1n) is 15.5. The normalized spacial score (nSPS) is 29.1. The third-order valence-corrected chi connectivity index (χ3v) is 15.4. The number of aliphatic hydroxyl groups is 1. The van der Waals surface area contributed by atoms with Gasteiger partial charge >= 0.3 is 0 Å². The number of carbonyl (C=O) groups is 1. The smallest absolute Gasteiger partial charge is 0.192 e. The van der Waals surface area contributed by atoms with Crippen LogP contribution in [0.1, 0.15) is 77.9 Å². The summed E-state index contributed by atoms with van der Waals surface area (Å²) in [6.07, 6.45) is 6.27. The van der Waals surface area contributed by atoms with E-state index in [0.29, 0.717) is 32.0 Å². The Morgan fingerprint density at radius 3 is 2.34 bits per heavy atom. The van der Waals surface area contributed by atoms with E-state index >= 15 is 0 Å². The van der Waals surface area contributed by atoms with Gasteiger partial charge in [-0.25, -0.2) is 0 Å². The van der Waals surface area contributed by atoms with E-state index in [-0.39, 0.29) is 16.9 Å². The van der Waals surface area contributed by atoms with Gasteiger partial charge in [0.2, 0.25) is 0 Å². The van der Waals surface area contributed by atoms with Gasteiger partial charge in [0.15, 0.2) is 14.1 Å². The Kier molecular flexibility index (Phi) is 8.27. The number of fused-ring (bicyclic) bond motifs is 1. The molecule has 0 radical (unpaired) electrons. The maximum atomic E-state index is 13.6. The largest absolute Gasteiger partial charge is 0.416 e. The standard InChI is InChI=1S/C34H51NO5Si/c1-32(2,3)41(7,8)40-22-33(4)28(15-16-29(33)36)27-14-11-24-21-34(38-19-20-39-34)18-17-26(24)30(27)31(37)23-9-12-25(13-10-23)35(5)6/h9-10,12-13,21,27-28,31,37H,11,14-20,22H2,1-8H3. The van der Waals surface area contributed by atoms with Crippen molar-refractivity contribution in [1.82, 2.24) is 0 Å². The predicted molar refractivity (Wildman–Crippen MR) is 166 cm³/mol. The molecular formula is C34H51NO5Si. The minimum absolute atomic E-state index is 0.0789. The summed E-state index contributed by atoms with van der Waals surface area (Å²) in [4.78, 5) is 15.7. The maximum Gasteiger partial charge on any atom is 0.192 e. The first-order valence-corrected chi connectivity index (χ1v) is 18.4. The van der Waals surface area contributed by atoms with Crippen LogP contribution < -0.4 is 4.90 Å². The minimum atomic E-state index is -2.04.